The summed E-state index contributed by atoms with van der Waals surface area (Å²) >= 11 is 0. The van der Waals surface area contributed by atoms with Gasteiger partial charge in [-0.1, -0.05) is 24.3 Å². The number of carbonyl (C=O) groups is 1. The van der Waals surface area contributed by atoms with Gasteiger partial charge >= 0.3 is 0 Å². The SMILES string of the molecule is COc1cc(OC)cc(C(=O)NCCCOc2cccc(CN3CCN(c4cccc(C)c4C)CC3)c2)c1. The average Bonchev–Trinajstić information content (AvgIpc) is 2.94. The molecule has 202 valence electrons. The van der Waals surface area contributed by atoms with Crippen molar-refractivity contribution in [2.75, 3.05) is 58.5 Å². The number of rotatable bonds is 11. The zero-order valence-corrected chi connectivity index (χ0v) is 23.0. The first kappa shape index (κ1) is 27.3. The summed E-state index contributed by atoms with van der Waals surface area (Å²) in [6.45, 7) is 10.5. The Morgan fingerprint density at radius 1 is 0.868 bits per heavy atom. The number of nitrogens with zero attached hydrogens (tertiary/aromatic N) is 2. The van der Waals surface area contributed by atoms with E-state index in [-0.39, 0.29) is 5.91 Å². The molecule has 0 atom stereocenters. The number of benzene rings is 3. The number of ether oxygens (including phenoxy) is 3. The van der Waals surface area contributed by atoms with Crippen LogP contribution in [0, 0.1) is 13.8 Å². The van der Waals surface area contributed by atoms with Crippen molar-refractivity contribution in [1.29, 1.82) is 0 Å². The molecule has 1 saturated heterocycles. The van der Waals surface area contributed by atoms with E-state index in [1.807, 2.05) is 6.07 Å². The standard InChI is InChI=1S/C31H39N3O4/c1-23-8-5-11-30(24(23)2)34-15-13-33(14-16-34)22-25-9-6-10-27(18-25)38-17-7-12-32-31(35)26-19-28(36-3)21-29(20-26)37-4/h5-6,8-11,18-21H,7,12-17,22H2,1-4H3,(H,32,35). The highest BCUT2D eigenvalue weighted by molar-refractivity contribution is 5.95. The number of aryl methyl sites for hydroxylation is 1. The lowest BCUT2D eigenvalue weighted by Gasteiger charge is -2.37. The van der Waals surface area contributed by atoms with Gasteiger partial charge in [-0.3, -0.25) is 9.69 Å². The molecule has 0 aliphatic carbocycles. The number of amides is 1. The molecule has 0 spiro atoms. The molecule has 4 rings (SSSR count). The fourth-order valence-electron chi connectivity index (χ4n) is 4.72. The van der Waals surface area contributed by atoms with Crippen LogP contribution in [0.1, 0.15) is 33.5 Å². The first-order chi connectivity index (χ1) is 18.5. The van der Waals surface area contributed by atoms with Crippen molar-refractivity contribution in [1.82, 2.24) is 10.2 Å². The van der Waals surface area contributed by atoms with E-state index in [1.54, 1.807) is 32.4 Å². The van der Waals surface area contributed by atoms with Gasteiger partial charge in [0.25, 0.3) is 5.91 Å². The van der Waals surface area contributed by atoms with Crippen LogP contribution in [-0.4, -0.2) is 64.4 Å². The third kappa shape index (κ3) is 7.19. The summed E-state index contributed by atoms with van der Waals surface area (Å²) in [5.74, 6) is 1.86. The Balaban J connectivity index is 1.19. The van der Waals surface area contributed by atoms with Crippen LogP contribution >= 0.6 is 0 Å². The van der Waals surface area contributed by atoms with Crippen LogP contribution in [-0.2, 0) is 6.54 Å². The lowest BCUT2D eigenvalue weighted by atomic mass is 10.1. The molecule has 0 saturated carbocycles. The van der Waals surface area contributed by atoms with E-state index >= 15 is 0 Å². The molecule has 0 unspecified atom stereocenters. The van der Waals surface area contributed by atoms with Gasteiger partial charge in [-0.2, -0.15) is 0 Å². The highest BCUT2D eigenvalue weighted by Gasteiger charge is 2.19. The summed E-state index contributed by atoms with van der Waals surface area (Å²) in [7, 11) is 3.13. The fourth-order valence-corrected chi connectivity index (χ4v) is 4.72. The number of anilines is 1. The first-order valence-electron chi connectivity index (χ1n) is 13.2. The summed E-state index contributed by atoms with van der Waals surface area (Å²) in [5, 5.41) is 2.93. The Morgan fingerprint density at radius 3 is 2.29 bits per heavy atom. The van der Waals surface area contributed by atoms with Gasteiger partial charge in [0.05, 0.1) is 20.8 Å². The van der Waals surface area contributed by atoms with E-state index in [0.717, 1.165) is 38.5 Å². The summed E-state index contributed by atoms with van der Waals surface area (Å²) < 4.78 is 16.5. The Morgan fingerprint density at radius 2 is 1.58 bits per heavy atom. The summed E-state index contributed by atoms with van der Waals surface area (Å²) in [6, 6.07) is 20.0. The molecule has 38 heavy (non-hydrogen) atoms. The van der Waals surface area contributed by atoms with E-state index in [1.165, 1.54) is 22.4 Å². The predicted octanol–water partition coefficient (Wildman–Crippen LogP) is 4.84. The van der Waals surface area contributed by atoms with Crippen molar-refractivity contribution >= 4 is 11.6 Å². The lowest BCUT2D eigenvalue weighted by molar-refractivity contribution is 0.0951. The monoisotopic (exact) mass is 517 g/mol. The number of methoxy groups -OCH3 is 2. The smallest absolute Gasteiger partial charge is 0.251 e. The lowest BCUT2D eigenvalue weighted by Crippen LogP contribution is -2.46. The molecular weight excluding hydrogens is 478 g/mol. The summed E-state index contributed by atoms with van der Waals surface area (Å²) in [6.07, 6.45) is 0.706. The molecule has 7 heteroatoms. The van der Waals surface area contributed by atoms with Crippen molar-refractivity contribution in [2.45, 2.75) is 26.8 Å². The predicted molar refractivity (Wildman–Crippen MR) is 152 cm³/mol. The zero-order chi connectivity index (χ0) is 26.9. The number of nitrogens with one attached hydrogen (secondary N) is 1. The second-order valence-electron chi connectivity index (χ2n) is 9.69. The van der Waals surface area contributed by atoms with Crippen LogP contribution in [0.15, 0.2) is 60.7 Å². The third-order valence-corrected chi connectivity index (χ3v) is 7.08. The van der Waals surface area contributed by atoms with Gasteiger partial charge in [0.15, 0.2) is 0 Å². The summed E-state index contributed by atoms with van der Waals surface area (Å²) in [5.41, 5.74) is 5.85. The fraction of sp³-hybridized carbons (Fsp3) is 0.387. The summed E-state index contributed by atoms with van der Waals surface area (Å²) in [4.78, 5) is 17.5. The molecular formula is C31H39N3O4. The molecule has 1 aliphatic rings. The van der Waals surface area contributed by atoms with E-state index < -0.39 is 0 Å². The molecule has 1 fully saturated rings. The van der Waals surface area contributed by atoms with Gasteiger partial charge in [0.2, 0.25) is 0 Å². The number of hydrogen-bond acceptors (Lipinski definition) is 6. The minimum Gasteiger partial charge on any atom is -0.497 e. The van der Waals surface area contributed by atoms with Crippen LogP contribution < -0.4 is 24.4 Å². The van der Waals surface area contributed by atoms with E-state index in [0.29, 0.717) is 36.6 Å². The van der Waals surface area contributed by atoms with Gasteiger partial charge in [0, 0.05) is 56.6 Å². The molecule has 7 nitrogen and oxygen atoms in total. The molecule has 1 aliphatic heterocycles. The van der Waals surface area contributed by atoms with Gasteiger partial charge in [-0.15, -0.1) is 0 Å². The Bertz CT molecular complexity index is 1200. The van der Waals surface area contributed by atoms with Gasteiger partial charge in [0.1, 0.15) is 17.2 Å². The Hall–Kier alpha value is -3.71. The largest absolute Gasteiger partial charge is 0.497 e. The minimum atomic E-state index is -0.165. The van der Waals surface area contributed by atoms with Crippen LogP contribution in [0.4, 0.5) is 5.69 Å². The number of hydrogen-bond donors (Lipinski definition) is 1. The second-order valence-corrected chi connectivity index (χ2v) is 9.69. The Kier molecular flexibility index (Phi) is 9.49. The van der Waals surface area contributed by atoms with Crippen molar-refractivity contribution < 1.29 is 19.0 Å². The molecule has 0 aromatic heterocycles. The normalized spacial score (nSPS) is 13.7. The molecule has 3 aromatic rings. The molecule has 1 amide bonds. The maximum atomic E-state index is 12.5. The number of carbonyl (C=O) groups excluding carboxylic acids is 1. The molecule has 3 aromatic carbocycles. The van der Waals surface area contributed by atoms with Crippen LogP contribution in [0.5, 0.6) is 17.2 Å². The first-order valence-corrected chi connectivity index (χ1v) is 13.2. The van der Waals surface area contributed by atoms with E-state index in [9.17, 15) is 4.79 Å². The van der Waals surface area contributed by atoms with Gasteiger partial charge in [-0.25, -0.2) is 0 Å². The molecule has 0 bridgehead atoms. The quantitative estimate of drug-likeness (QED) is 0.367. The van der Waals surface area contributed by atoms with E-state index in [2.05, 4.69) is 65.4 Å². The van der Waals surface area contributed by atoms with Crippen LogP contribution in [0.3, 0.4) is 0 Å². The van der Waals surface area contributed by atoms with Crippen molar-refractivity contribution in [3.05, 3.63) is 82.9 Å². The highest BCUT2D eigenvalue weighted by Crippen LogP contribution is 2.25. The van der Waals surface area contributed by atoms with Crippen molar-refractivity contribution in [3.8, 4) is 17.2 Å². The van der Waals surface area contributed by atoms with Crippen molar-refractivity contribution in [2.24, 2.45) is 0 Å². The topological polar surface area (TPSA) is 63.3 Å². The molecule has 1 heterocycles. The minimum absolute atomic E-state index is 0.165. The van der Waals surface area contributed by atoms with Gasteiger partial charge in [-0.05, 0) is 67.3 Å². The van der Waals surface area contributed by atoms with Crippen LogP contribution in [0.2, 0.25) is 0 Å². The zero-order valence-electron chi connectivity index (χ0n) is 23.0. The number of piperazine rings is 1. The molecule has 0 radical (unpaired) electrons. The average molecular weight is 518 g/mol. The van der Waals surface area contributed by atoms with E-state index in [4.69, 9.17) is 14.2 Å². The maximum absolute atomic E-state index is 12.5. The van der Waals surface area contributed by atoms with Crippen LogP contribution in [0.25, 0.3) is 0 Å². The second kappa shape index (κ2) is 13.2. The maximum Gasteiger partial charge on any atom is 0.251 e. The highest BCUT2D eigenvalue weighted by atomic mass is 16.5. The Labute approximate surface area is 226 Å². The van der Waals surface area contributed by atoms with Gasteiger partial charge < -0.3 is 24.4 Å². The van der Waals surface area contributed by atoms with Crippen molar-refractivity contribution in [3.63, 3.8) is 0 Å². The molecule has 1 N–H and O–H groups in total. The third-order valence-electron chi connectivity index (χ3n) is 7.08.